The zero-order chi connectivity index (χ0) is 29.2. The molecule has 0 aliphatic carbocycles. The Kier molecular flexibility index (Phi) is 7.69. The minimum atomic E-state index is -0.451. The third kappa shape index (κ3) is 5.93. The van der Waals surface area contributed by atoms with E-state index in [2.05, 4.69) is 43.7 Å². The summed E-state index contributed by atoms with van der Waals surface area (Å²) in [5.41, 5.74) is 3.94. The molecule has 6 heterocycles. The summed E-state index contributed by atoms with van der Waals surface area (Å²) in [4.78, 5) is 33.2. The second-order valence-corrected chi connectivity index (χ2v) is 11.2. The van der Waals surface area contributed by atoms with Crippen molar-refractivity contribution < 1.29 is 19.0 Å². The zero-order valence-electron chi connectivity index (χ0n) is 24.2. The van der Waals surface area contributed by atoms with E-state index in [1.807, 2.05) is 36.7 Å². The molecular weight excluding hydrogens is 544 g/mol. The van der Waals surface area contributed by atoms with E-state index in [4.69, 9.17) is 24.2 Å². The lowest BCUT2D eigenvalue weighted by Crippen LogP contribution is -2.35. The van der Waals surface area contributed by atoms with Gasteiger partial charge in [-0.1, -0.05) is 18.2 Å². The summed E-state index contributed by atoms with van der Waals surface area (Å²) in [7, 11) is 1.37. The van der Waals surface area contributed by atoms with Crippen LogP contribution in [0.5, 0.6) is 5.88 Å². The molecule has 7 rings (SSSR count). The average Bonchev–Trinajstić information content (AvgIpc) is 3.37. The molecule has 5 aromatic rings. The normalized spacial score (nSPS) is 17.7. The molecule has 0 unspecified atom stereocenters. The summed E-state index contributed by atoms with van der Waals surface area (Å²) in [6, 6.07) is 17.9. The van der Waals surface area contributed by atoms with E-state index in [0.717, 1.165) is 72.3 Å². The van der Waals surface area contributed by atoms with E-state index in [1.165, 1.54) is 7.11 Å². The Labute approximate surface area is 249 Å². The topological polar surface area (TPSA) is 104 Å². The van der Waals surface area contributed by atoms with Crippen molar-refractivity contribution in [3.63, 3.8) is 0 Å². The van der Waals surface area contributed by atoms with Crippen molar-refractivity contribution in [2.75, 3.05) is 26.8 Å². The van der Waals surface area contributed by atoms with Crippen LogP contribution in [-0.4, -0.2) is 68.3 Å². The lowest BCUT2D eigenvalue weighted by molar-refractivity contribution is -0.0593. The van der Waals surface area contributed by atoms with Gasteiger partial charge in [-0.2, -0.15) is 0 Å². The van der Waals surface area contributed by atoms with Gasteiger partial charge in [-0.3, -0.25) is 9.88 Å². The van der Waals surface area contributed by atoms with Crippen LogP contribution in [0.25, 0.3) is 21.9 Å². The number of fused-ring (bicyclic) bond motifs is 2. The van der Waals surface area contributed by atoms with Gasteiger partial charge in [0, 0.05) is 42.1 Å². The molecule has 0 saturated carbocycles. The Morgan fingerprint density at radius 2 is 1.88 bits per heavy atom. The van der Waals surface area contributed by atoms with Crippen LogP contribution in [0.4, 0.5) is 0 Å². The van der Waals surface area contributed by atoms with Gasteiger partial charge in [-0.25, -0.2) is 19.7 Å². The smallest absolute Gasteiger partial charge is 0.356 e. The van der Waals surface area contributed by atoms with Gasteiger partial charge in [0.25, 0.3) is 0 Å². The van der Waals surface area contributed by atoms with Gasteiger partial charge in [0.15, 0.2) is 11.3 Å². The number of benzene rings is 1. The highest BCUT2D eigenvalue weighted by Crippen LogP contribution is 2.30. The van der Waals surface area contributed by atoms with Crippen molar-refractivity contribution in [3.8, 4) is 5.88 Å². The van der Waals surface area contributed by atoms with Crippen molar-refractivity contribution in [3.05, 3.63) is 89.8 Å². The highest BCUT2D eigenvalue weighted by Gasteiger charge is 2.26. The van der Waals surface area contributed by atoms with Gasteiger partial charge in [0.2, 0.25) is 5.88 Å². The maximum atomic E-state index is 12.1. The average molecular weight is 579 g/mol. The van der Waals surface area contributed by atoms with Gasteiger partial charge in [-0.05, 0) is 73.6 Å². The second kappa shape index (κ2) is 12.1. The van der Waals surface area contributed by atoms with E-state index in [0.29, 0.717) is 37.1 Å². The number of rotatable bonds is 9. The number of imidazole rings is 1. The van der Waals surface area contributed by atoms with Crippen molar-refractivity contribution in [2.45, 2.75) is 51.0 Å². The Morgan fingerprint density at radius 1 is 1.00 bits per heavy atom. The first-order chi connectivity index (χ1) is 21.1. The monoisotopic (exact) mass is 578 g/mol. The van der Waals surface area contributed by atoms with Crippen LogP contribution in [-0.2, 0) is 29.2 Å². The number of pyridine rings is 3. The van der Waals surface area contributed by atoms with Crippen molar-refractivity contribution >= 4 is 27.9 Å². The van der Waals surface area contributed by atoms with Gasteiger partial charge < -0.3 is 18.8 Å². The fourth-order valence-electron chi connectivity index (χ4n) is 5.92. The molecular formula is C33H34N6O4. The van der Waals surface area contributed by atoms with Crippen LogP contribution in [0.1, 0.15) is 52.8 Å². The Bertz CT molecular complexity index is 1760. The first-order valence-corrected chi connectivity index (χ1v) is 14.8. The van der Waals surface area contributed by atoms with E-state index < -0.39 is 5.97 Å². The minimum absolute atomic E-state index is 0.143. The minimum Gasteiger partial charge on any atom is -0.473 e. The highest BCUT2D eigenvalue weighted by molar-refractivity contribution is 5.89. The van der Waals surface area contributed by atoms with Crippen LogP contribution in [0.2, 0.25) is 0 Å². The van der Waals surface area contributed by atoms with Crippen LogP contribution in [0, 0.1) is 0 Å². The number of methoxy groups -OCH3 is 1. The highest BCUT2D eigenvalue weighted by atomic mass is 16.5. The van der Waals surface area contributed by atoms with Crippen molar-refractivity contribution in [1.29, 1.82) is 0 Å². The number of hydrogen-bond acceptors (Lipinski definition) is 9. The predicted octanol–water partition coefficient (Wildman–Crippen LogP) is 4.91. The summed E-state index contributed by atoms with van der Waals surface area (Å²) in [5, 5.41) is 2.27. The first kappa shape index (κ1) is 27.4. The quantitative estimate of drug-likeness (QED) is 0.226. The molecule has 10 nitrogen and oxygen atoms in total. The fraction of sp³-hybridized carbons (Fsp3) is 0.364. The second-order valence-electron chi connectivity index (χ2n) is 11.2. The Balaban J connectivity index is 1.00. The molecule has 43 heavy (non-hydrogen) atoms. The summed E-state index contributed by atoms with van der Waals surface area (Å²) in [5.74, 6) is 1.52. The van der Waals surface area contributed by atoms with E-state index >= 15 is 0 Å². The number of nitrogens with zero attached hydrogens (tertiary/aromatic N) is 6. The predicted molar refractivity (Wildman–Crippen MR) is 161 cm³/mol. The molecule has 1 aromatic carbocycles. The van der Waals surface area contributed by atoms with Gasteiger partial charge in [-0.15, -0.1) is 0 Å². The van der Waals surface area contributed by atoms with Gasteiger partial charge in [0.05, 0.1) is 26.3 Å². The number of carbonyl (C=O) groups is 1. The standard InChI is InChI=1S/C33H34N6O4/c1-41-33(40)29-8-7-28-32(37-29)39(19-26-12-16-42-26)30(35-28)20-38-14-10-23(11-15-38)27-3-2-4-31(36-27)43-21-22-5-6-25-18-34-13-9-24(25)17-22/h2-9,13,17-18,23,26H,10-12,14-16,19-21H2,1H3/t26-/m0/s1. The number of aromatic nitrogens is 5. The Hall–Kier alpha value is -4.41. The molecule has 0 N–H and O–H groups in total. The summed E-state index contributed by atoms with van der Waals surface area (Å²) in [6.45, 7) is 4.51. The SMILES string of the molecule is COC(=O)c1ccc2nc(CN3CCC(c4cccc(OCc5ccc6cnccc6c5)n4)CC3)n(C[C@@H]3CCO3)c2n1. The number of likely N-dealkylation sites (tertiary alicyclic amines) is 1. The summed E-state index contributed by atoms with van der Waals surface area (Å²) < 4.78 is 18.8. The summed E-state index contributed by atoms with van der Waals surface area (Å²) in [6.07, 6.45) is 6.85. The van der Waals surface area contributed by atoms with Crippen LogP contribution in [0.15, 0.2) is 67.0 Å². The lowest BCUT2D eigenvalue weighted by atomic mass is 9.93. The molecule has 220 valence electrons. The third-order valence-electron chi connectivity index (χ3n) is 8.45. The number of esters is 1. The number of hydrogen-bond donors (Lipinski definition) is 0. The first-order valence-electron chi connectivity index (χ1n) is 14.8. The van der Waals surface area contributed by atoms with Gasteiger partial charge in [0.1, 0.15) is 17.9 Å². The van der Waals surface area contributed by atoms with Crippen LogP contribution < -0.4 is 4.74 Å². The van der Waals surface area contributed by atoms with E-state index in [-0.39, 0.29) is 11.8 Å². The molecule has 0 amide bonds. The molecule has 2 fully saturated rings. The molecule has 10 heteroatoms. The third-order valence-corrected chi connectivity index (χ3v) is 8.45. The molecule has 1 atom stereocenters. The molecule has 0 spiro atoms. The van der Waals surface area contributed by atoms with Crippen LogP contribution >= 0.6 is 0 Å². The number of carbonyl (C=O) groups excluding carboxylic acids is 1. The van der Waals surface area contributed by atoms with E-state index in [1.54, 1.807) is 6.07 Å². The molecule has 0 radical (unpaired) electrons. The van der Waals surface area contributed by atoms with Crippen molar-refractivity contribution in [1.82, 2.24) is 29.4 Å². The largest absolute Gasteiger partial charge is 0.473 e. The molecule has 2 saturated heterocycles. The molecule has 2 aliphatic rings. The van der Waals surface area contributed by atoms with Crippen molar-refractivity contribution in [2.24, 2.45) is 0 Å². The zero-order valence-corrected chi connectivity index (χ0v) is 24.2. The maximum absolute atomic E-state index is 12.1. The maximum Gasteiger partial charge on any atom is 0.356 e. The molecule has 2 aliphatic heterocycles. The number of piperidine rings is 1. The lowest BCUT2D eigenvalue weighted by Gasteiger charge is -2.32. The molecule has 4 aromatic heterocycles. The fourth-order valence-corrected chi connectivity index (χ4v) is 5.92. The number of ether oxygens (including phenoxy) is 3. The van der Waals surface area contributed by atoms with Gasteiger partial charge >= 0.3 is 5.97 Å². The molecule has 0 bridgehead atoms. The van der Waals surface area contributed by atoms with E-state index in [9.17, 15) is 4.79 Å². The van der Waals surface area contributed by atoms with Crippen LogP contribution in [0.3, 0.4) is 0 Å². The summed E-state index contributed by atoms with van der Waals surface area (Å²) >= 11 is 0. The Morgan fingerprint density at radius 3 is 2.70 bits per heavy atom.